The van der Waals surface area contributed by atoms with Crippen molar-refractivity contribution in [3.05, 3.63) is 11.6 Å². The van der Waals surface area contributed by atoms with Crippen LogP contribution in [-0.2, 0) is 9.59 Å². The van der Waals surface area contributed by atoms with Crippen molar-refractivity contribution in [2.75, 3.05) is 0 Å². The van der Waals surface area contributed by atoms with Gasteiger partial charge >= 0.3 is 0 Å². The third-order valence-electron chi connectivity index (χ3n) is 9.12. The lowest BCUT2D eigenvalue weighted by Gasteiger charge is -2.61. The molecule has 144 valence electrons. The number of aliphatic hydroxyl groups excluding tert-OH is 1. The molecule has 0 aromatic heterocycles. The Bertz CT molecular complexity index is 696. The average Bonchev–Trinajstić information content (AvgIpc) is 2.83. The summed E-state index contributed by atoms with van der Waals surface area (Å²) in [6, 6.07) is 0. The molecule has 0 amide bonds. The van der Waals surface area contributed by atoms with E-state index in [4.69, 9.17) is 0 Å². The maximum Gasteiger partial charge on any atom is 0.161 e. The third-order valence-corrected chi connectivity index (χ3v) is 9.12. The van der Waals surface area contributed by atoms with Crippen LogP contribution in [0.2, 0.25) is 0 Å². The molecule has 0 aromatic rings. The van der Waals surface area contributed by atoms with Gasteiger partial charge in [0.25, 0.3) is 0 Å². The Morgan fingerprint density at radius 1 is 1.19 bits per heavy atom. The smallest absolute Gasteiger partial charge is 0.161 e. The van der Waals surface area contributed by atoms with E-state index in [0.717, 1.165) is 31.3 Å². The van der Waals surface area contributed by atoms with Crippen molar-refractivity contribution in [1.82, 2.24) is 0 Å². The van der Waals surface area contributed by atoms with Crippen molar-refractivity contribution in [3.8, 4) is 0 Å². The number of rotatable bonds is 1. The van der Waals surface area contributed by atoms with Gasteiger partial charge < -0.3 is 10.2 Å². The Morgan fingerprint density at radius 3 is 2.50 bits per heavy atom. The minimum absolute atomic E-state index is 0.0442. The number of ketones is 2. The molecule has 0 spiro atoms. The van der Waals surface area contributed by atoms with Crippen LogP contribution in [0.3, 0.4) is 0 Å². The monoisotopic (exact) mass is 360 g/mol. The quantitative estimate of drug-likeness (QED) is 0.754. The van der Waals surface area contributed by atoms with Gasteiger partial charge in [-0.3, -0.25) is 9.59 Å². The highest BCUT2D eigenvalue weighted by atomic mass is 16.3. The summed E-state index contributed by atoms with van der Waals surface area (Å²) < 4.78 is 0. The fourth-order valence-corrected chi connectivity index (χ4v) is 7.61. The predicted octanol–water partition coefficient (Wildman–Crippen LogP) is 3.06. The van der Waals surface area contributed by atoms with E-state index in [-0.39, 0.29) is 34.7 Å². The lowest BCUT2D eigenvalue weighted by atomic mass is 9.44. The number of Topliss-reactive ketones (excluding diaryl/α,β-unsaturated/α-hetero) is 1. The summed E-state index contributed by atoms with van der Waals surface area (Å²) >= 11 is 0. The molecule has 0 bridgehead atoms. The lowest BCUT2D eigenvalue weighted by molar-refractivity contribution is -0.166. The first-order valence-electron chi connectivity index (χ1n) is 10.2. The molecular formula is C22H32O4. The highest BCUT2D eigenvalue weighted by Crippen LogP contribution is 2.68. The van der Waals surface area contributed by atoms with E-state index in [1.165, 1.54) is 6.92 Å². The fourth-order valence-electron chi connectivity index (χ4n) is 7.61. The number of carbonyl (C=O) groups excluding carboxylic acids is 2. The molecular weight excluding hydrogens is 328 g/mol. The zero-order chi connectivity index (χ0) is 19.1. The summed E-state index contributed by atoms with van der Waals surface area (Å²) in [4.78, 5) is 24.4. The van der Waals surface area contributed by atoms with Crippen molar-refractivity contribution < 1.29 is 19.8 Å². The van der Waals surface area contributed by atoms with Crippen molar-refractivity contribution in [1.29, 1.82) is 0 Å². The van der Waals surface area contributed by atoms with Gasteiger partial charge in [0.05, 0.1) is 6.10 Å². The molecule has 0 radical (unpaired) electrons. The molecule has 0 aliphatic heterocycles. The average molecular weight is 360 g/mol. The Morgan fingerprint density at radius 2 is 1.85 bits per heavy atom. The molecule has 3 unspecified atom stereocenters. The maximum absolute atomic E-state index is 12.3. The summed E-state index contributed by atoms with van der Waals surface area (Å²) in [5, 5.41) is 22.1. The summed E-state index contributed by atoms with van der Waals surface area (Å²) in [6.07, 6.45) is 5.54. The van der Waals surface area contributed by atoms with Gasteiger partial charge in [-0.1, -0.05) is 26.3 Å². The Hall–Kier alpha value is -1.00. The molecule has 3 saturated carbocycles. The zero-order valence-electron chi connectivity index (χ0n) is 16.4. The Labute approximate surface area is 156 Å². The third kappa shape index (κ3) is 2.03. The largest absolute Gasteiger partial charge is 0.392 e. The minimum Gasteiger partial charge on any atom is -0.392 e. The van der Waals surface area contributed by atoms with Gasteiger partial charge in [0.2, 0.25) is 0 Å². The fraction of sp³-hybridized carbons (Fsp3) is 0.818. The topological polar surface area (TPSA) is 74.6 Å². The summed E-state index contributed by atoms with van der Waals surface area (Å²) in [5.74, 6) is 1.22. The van der Waals surface area contributed by atoms with Gasteiger partial charge in [0, 0.05) is 17.3 Å². The second-order valence-corrected chi connectivity index (χ2v) is 9.99. The van der Waals surface area contributed by atoms with Crippen LogP contribution in [-0.4, -0.2) is 33.5 Å². The zero-order valence-corrected chi connectivity index (χ0v) is 16.4. The van der Waals surface area contributed by atoms with Crippen LogP contribution in [0.25, 0.3) is 0 Å². The first-order valence-corrected chi connectivity index (χ1v) is 10.2. The Balaban J connectivity index is 1.76. The number of aliphatic hydroxyl groups is 2. The van der Waals surface area contributed by atoms with E-state index >= 15 is 0 Å². The summed E-state index contributed by atoms with van der Waals surface area (Å²) in [7, 11) is 0. The Kier molecular flexibility index (Phi) is 3.89. The lowest BCUT2D eigenvalue weighted by Crippen LogP contribution is -2.60. The van der Waals surface area contributed by atoms with Crippen LogP contribution >= 0.6 is 0 Å². The molecule has 3 fully saturated rings. The second-order valence-electron chi connectivity index (χ2n) is 9.99. The van der Waals surface area contributed by atoms with Crippen molar-refractivity contribution in [3.63, 3.8) is 0 Å². The van der Waals surface area contributed by atoms with Crippen LogP contribution in [0.5, 0.6) is 0 Å². The summed E-state index contributed by atoms with van der Waals surface area (Å²) in [6.45, 7) is 7.96. The first kappa shape index (κ1) is 18.4. The highest BCUT2D eigenvalue weighted by Gasteiger charge is 2.67. The molecule has 2 N–H and O–H groups in total. The predicted molar refractivity (Wildman–Crippen MR) is 98.3 cm³/mol. The van der Waals surface area contributed by atoms with Crippen LogP contribution in [0.15, 0.2) is 11.6 Å². The molecule has 0 aromatic carbocycles. The van der Waals surface area contributed by atoms with E-state index in [9.17, 15) is 19.8 Å². The van der Waals surface area contributed by atoms with Gasteiger partial charge in [-0.05, 0) is 68.8 Å². The van der Waals surface area contributed by atoms with Gasteiger partial charge in [-0.2, -0.15) is 0 Å². The van der Waals surface area contributed by atoms with Crippen LogP contribution in [0.4, 0.5) is 0 Å². The SMILES string of the molecule is CC(=O)[C@@]1(O)CCC2C3C[C@H](C)C4=CC(=O)C[C@@H](O)[C@]4(C)C3CC[C@@]21C. The van der Waals surface area contributed by atoms with Crippen LogP contribution < -0.4 is 0 Å². The molecule has 4 heteroatoms. The molecule has 26 heavy (non-hydrogen) atoms. The van der Waals surface area contributed by atoms with Gasteiger partial charge in [-0.25, -0.2) is 0 Å². The number of carbonyl (C=O) groups is 2. The van der Waals surface area contributed by atoms with Gasteiger partial charge in [0.15, 0.2) is 11.6 Å². The normalized spacial score (nSPS) is 53.4. The number of fused-ring (bicyclic) bond motifs is 5. The van der Waals surface area contributed by atoms with E-state index in [1.54, 1.807) is 0 Å². The van der Waals surface area contributed by atoms with E-state index in [1.807, 2.05) is 6.08 Å². The van der Waals surface area contributed by atoms with Crippen molar-refractivity contribution >= 4 is 11.6 Å². The van der Waals surface area contributed by atoms with Crippen molar-refractivity contribution in [2.24, 2.45) is 34.5 Å². The number of hydrogen-bond acceptors (Lipinski definition) is 4. The van der Waals surface area contributed by atoms with E-state index in [0.29, 0.717) is 24.2 Å². The van der Waals surface area contributed by atoms with E-state index < -0.39 is 11.7 Å². The van der Waals surface area contributed by atoms with Crippen LogP contribution in [0, 0.1) is 34.5 Å². The standard InChI is InChI=1S/C22H32O4/c1-12-9-15-16-6-8-22(26,13(2)23)20(16,3)7-5-17(15)21(4)18(12)10-14(24)11-19(21)25/h10,12,15-17,19,25-26H,5-9,11H2,1-4H3/t12-,15?,16?,17?,19+,20-,21+,22-/m0/s1. The molecule has 4 nitrogen and oxygen atoms in total. The van der Waals surface area contributed by atoms with Gasteiger partial charge in [-0.15, -0.1) is 0 Å². The molecule has 4 rings (SSSR count). The molecule has 8 atom stereocenters. The van der Waals surface area contributed by atoms with Gasteiger partial charge in [0.1, 0.15) is 5.60 Å². The first-order chi connectivity index (χ1) is 12.1. The second kappa shape index (κ2) is 5.51. The minimum atomic E-state index is -1.20. The van der Waals surface area contributed by atoms with Crippen LogP contribution in [0.1, 0.15) is 66.2 Å². The highest BCUT2D eigenvalue weighted by molar-refractivity contribution is 5.92. The molecule has 0 heterocycles. The number of hydrogen-bond donors (Lipinski definition) is 2. The molecule has 0 saturated heterocycles. The maximum atomic E-state index is 12.3. The van der Waals surface area contributed by atoms with E-state index in [2.05, 4.69) is 20.8 Å². The molecule has 4 aliphatic carbocycles. The molecule has 4 aliphatic rings. The van der Waals surface area contributed by atoms with Crippen molar-refractivity contribution in [2.45, 2.75) is 77.9 Å². The summed E-state index contributed by atoms with van der Waals surface area (Å²) in [5.41, 5.74) is -0.795.